The molecular formula is C18H15BrFNOS. The van der Waals surface area contributed by atoms with E-state index in [1.807, 2.05) is 31.2 Å². The Morgan fingerprint density at radius 3 is 2.83 bits per heavy atom. The third-order valence-electron chi connectivity index (χ3n) is 3.68. The van der Waals surface area contributed by atoms with Crippen molar-refractivity contribution in [2.75, 3.05) is 5.75 Å². The van der Waals surface area contributed by atoms with Gasteiger partial charge in [0.15, 0.2) is 5.78 Å². The maximum absolute atomic E-state index is 13.1. The molecule has 0 atom stereocenters. The summed E-state index contributed by atoms with van der Waals surface area (Å²) in [6.07, 6.45) is 0. The Morgan fingerprint density at radius 2 is 2.04 bits per heavy atom. The number of carbonyl (C=O) groups is 1. The van der Waals surface area contributed by atoms with Gasteiger partial charge in [0.05, 0.1) is 5.75 Å². The predicted molar refractivity (Wildman–Crippen MR) is 97.6 cm³/mol. The van der Waals surface area contributed by atoms with Crippen LogP contribution in [-0.2, 0) is 5.75 Å². The fourth-order valence-corrected chi connectivity index (χ4v) is 4.18. The molecule has 0 bridgehead atoms. The highest BCUT2D eigenvalue weighted by atomic mass is 79.9. The van der Waals surface area contributed by atoms with E-state index < -0.39 is 0 Å². The molecule has 0 saturated heterocycles. The van der Waals surface area contributed by atoms with Crippen molar-refractivity contribution in [3.8, 4) is 0 Å². The maximum atomic E-state index is 13.1. The SMILES string of the molecule is Cc1[nH]c2ccccc2c1C(=O)CSCc1ccc(F)cc1Br. The molecule has 0 unspecified atom stereocenters. The van der Waals surface area contributed by atoms with E-state index in [9.17, 15) is 9.18 Å². The van der Waals surface area contributed by atoms with Crippen LogP contribution < -0.4 is 0 Å². The normalized spacial score (nSPS) is 11.1. The molecule has 23 heavy (non-hydrogen) atoms. The summed E-state index contributed by atoms with van der Waals surface area (Å²) < 4.78 is 13.8. The van der Waals surface area contributed by atoms with Crippen LogP contribution in [0.25, 0.3) is 10.9 Å². The molecule has 118 valence electrons. The van der Waals surface area contributed by atoms with Gasteiger partial charge in [0.25, 0.3) is 0 Å². The number of para-hydroxylation sites is 1. The van der Waals surface area contributed by atoms with Crippen molar-refractivity contribution in [1.29, 1.82) is 0 Å². The molecule has 1 N–H and O–H groups in total. The van der Waals surface area contributed by atoms with Gasteiger partial charge in [-0.2, -0.15) is 0 Å². The number of hydrogen-bond donors (Lipinski definition) is 1. The largest absolute Gasteiger partial charge is 0.358 e. The van der Waals surface area contributed by atoms with Gasteiger partial charge in [-0.1, -0.05) is 40.2 Å². The molecule has 0 spiro atoms. The lowest BCUT2D eigenvalue weighted by Crippen LogP contribution is -2.04. The van der Waals surface area contributed by atoms with Crippen molar-refractivity contribution >= 4 is 44.4 Å². The number of ketones is 1. The van der Waals surface area contributed by atoms with E-state index in [4.69, 9.17) is 0 Å². The monoisotopic (exact) mass is 391 g/mol. The lowest BCUT2D eigenvalue weighted by atomic mass is 10.1. The number of Topliss-reactive ketones (excluding diaryl/α,β-unsaturated/α-hetero) is 1. The molecular weight excluding hydrogens is 377 g/mol. The minimum Gasteiger partial charge on any atom is -0.358 e. The number of benzene rings is 2. The number of thioether (sulfide) groups is 1. The number of carbonyl (C=O) groups excluding carboxylic acids is 1. The molecule has 0 aliphatic carbocycles. The summed E-state index contributed by atoms with van der Waals surface area (Å²) in [5, 5.41) is 0.971. The number of rotatable bonds is 5. The second-order valence-electron chi connectivity index (χ2n) is 5.32. The number of aromatic nitrogens is 1. The summed E-state index contributed by atoms with van der Waals surface area (Å²) in [5.74, 6) is 0.903. The molecule has 2 aromatic carbocycles. The molecule has 0 fully saturated rings. The van der Waals surface area contributed by atoms with Gasteiger partial charge in [-0.05, 0) is 30.7 Å². The van der Waals surface area contributed by atoms with E-state index in [2.05, 4.69) is 20.9 Å². The standard InChI is InChI=1S/C18H15BrFNOS/c1-11-18(14-4-2-3-5-16(14)21-11)17(22)10-23-9-12-6-7-13(20)8-15(12)19/h2-8,21H,9-10H2,1H3. The Hall–Kier alpha value is -1.59. The van der Waals surface area contributed by atoms with Crippen LogP contribution in [0, 0.1) is 12.7 Å². The summed E-state index contributed by atoms with van der Waals surface area (Å²) in [5.41, 5.74) is 3.64. The third-order valence-corrected chi connectivity index (χ3v) is 5.40. The van der Waals surface area contributed by atoms with Crippen LogP contribution in [0.5, 0.6) is 0 Å². The number of aromatic amines is 1. The van der Waals surface area contributed by atoms with Crippen LogP contribution in [0.1, 0.15) is 21.6 Å². The average molecular weight is 392 g/mol. The van der Waals surface area contributed by atoms with Crippen molar-refractivity contribution in [3.63, 3.8) is 0 Å². The van der Waals surface area contributed by atoms with Crippen molar-refractivity contribution in [3.05, 3.63) is 69.6 Å². The van der Waals surface area contributed by atoms with Gasteiger partial charge in [-0.25, -0.2) is 4.39 Å². The topological polar surface area (TPSA) is 32.9 Å². The number of halogens is 2. The third kappa shape index (κ3) is 3.51. The van der Waals surface area contributed by atoms with Crippen LogP contribution >= 0.6 is 27.7 Å². The van der Waals surface area contributed by atoms with Gasteiger partial charge < -0.3 is 4.98 Å². The Kier molecular flexibility index (Phi) is 4.87. The Labute approximate surface area is 146 Å². The van der Waals surface area contributed by atoms with Crippen molar-refractivity contribution in [2.45, 2.75) is 12.7 Å². The average Bonchev–Trinajstić information content (AvgIpc) is 2.85. The van der Waals surface area contributed by atoms with Crippen molar-refractivity contribution in [2.24, 2.45) is 0 Å². The molecule has 1 heterocycles. The van der Waals surface area contributed by atoms with E-state index >= 15 is 0 Å². The first-order valence-electron chi connectivity index (χ1n) is 7.18. The molecule has 3 rings (SSSR count). The highest BCUT2D eigenvalue weighted by molar-refractivity contribution is 9.10. The highest BCUT2D eigenvalue weighted by Gasteiger charge is 2.15. The van der Waals surface area contributed by atoms with E-state index in [0.29, 0.717) is 11.5 Å². The Bertz CT molecular complexity index is 875. The minimum absolute atomic E-state index is 0.114. The molecule has 2 nitrogen and oxygen atoms in total. The first kappa shape index (κ1) is 16.3. The number of H-pyrrole nitrogens is 1. The number of nitrogens with one attached hydrogen (secondary N) is 1. The fourth-order valence-electron chi connectivity index (χ4n) is 2.60. The van der Waals surface area contributed by atoms with E-state index in [1.165, 1.54) is 23.9 Å². The quantitative estimate of drug-likeness (QED) is 0.582. The van der Waals surface area contributed by atoms with Crippen LogP contribution in [0.15, 0.2) is 46.9 Å². The Balaban J connectivity index is 1.70. The van der Waals surface area contributed by atoms with E-state index in [0.717, 1.165) is 32.2 Å². The van der Waals surface area contributed by atoms with Gasteiger partial charge in [-0.15, -0.1) is 11.8 Å². The number of aryl methyl sites for hydroxylation is 1. The molecule has 0 saturated carbocycles. The summed E-state index contributed by atoms with van der Waals surface area (Å²) in [4.78, 5) is 15.8. The summed E-state index contributed by atoms with van der Waals surface area (Å²) in [6, 6.07) is 12.5. The zero-order valence-electron chi connectivity index (χ0n) is 12.5. The predicted octanol–water partition coefficient (Wildman–Crippen LogP) is 5.49. The first-order chi connectivity index (χ1) is 11.1. The van der Waals surface area contributed by atoms with Crippen LogP contribution in [0.2, 0.25) is 0 Å². The summed E-state index contributed by atoms with van der Waals surface area (Å²) in [7, 11) is 0. The number of fused-ring (bicyclic) bond motifs is 1. The second-order valence-corrected chi connectivity index (χ2v) is 7.16. The molecule has 0 aliphatic rings. The number of hydrogen-bond acceptors (Lipinski definition) is 2. The molecule has 0 aliphatic heterocycles. The fraction of sp³-hybridized carbons (Fsp3) is 0.167. The minimum atomic E-state index is -0.267. The second kappa shape index (κ2) is 6.89. The van der Waals surface area contributed by atoms with Crippen molar-refractivity contribution in [1.82, 2.24) is 4.98 Å². The maximum Gasteiger partial charge on any atom is 0.175 e. The van der Waals surface area contributed by atoms with Crippen LogP contribution in [0.4, 0.5) is 4.39 Å². The zero-order valence-corrected chi connectivity index (χ0v) is 14.9. The molecule has 0 amide bonds. The van der Waals surface area contributed by atoms with Crippen molar-refractivity contribution < 1.29 is 9.18 Å². The first-order valence-corrected chi connectivity index (χ1v) is 9.13. The molecule has 3 aromatic rings. The Morgan fingerprint density at radius 1 is 1.26 bits per heavy atom. The van der Waals surface area contributed by atoms with Crippen LogP contribution in [0.3, 0.4) is 0 Å². The van der Waals surface area contributed by atoms with Crippen LogP contribution in [-0.4, -0.2) is 16.5 Å². The van der Waals surface area contributed by atoms with Gasteiger partial charge in [0, 0.05) is 32.4 Å². The lowest BCUT2D eigenvalue weighted by molar-refractivity contribution is 0.102. The molecule has 1 aromatic heterocycles. The summed E-state index contributed by atoms with van der Waals surface area (Å²) >= 11 is 4.89. The van der Waals surface area contributed by atoms with E-state index in [1.54, 1.807) is 6.07 Å². The van der Waals surface area contributed by atoms with Gasteiger partial charge in [0.1, 0.15) is 5.82 Å². The zero-order chi connectivity index (χ0) is 16.4. The van der Waals surface area contributed by atoms with E-state index in [-0.39, 0.29) is 11.6 Å². The van der Waals surface area contributed by atoms with Gasteiger partial charge in [-0.3, -0.25) is 4.79 Å². The summed E-state index contributed by atoms with van der Waals surface area (Å²) in [6.45, 7) is 1.93. The lowest BCUT2D eigenvalue weighted by Gasteiger charge is -2.05. The molecule has 5 heteroatoms. The van der Waals surface area contributed by atoms with Gasteiger partial charge >= 0.3 is 0 Å². The molecule has 0 radical (unpaired) electrons. The highest BCUT2D eigenvalue weighted by Crippen LogP contribution is 2.26. The van der Waals surface area contributed by atoms with Gasteiger partial charge in [0.2, 0.25) is 0 Å². The smallest absolute Gasteiger partial charge is 0.175 e.